The van der Waals surface area contributed by atoms with Gasteiger partial charge in [0.2, 0.25) is 0 Å². The Morgan fingerprint density at radius 3 is 2.36 bits per heavy atom. The molecule has 0 atom stereocenters. The number of hydrogen-bond acceptors (Lipinski definition) is 2. The Hall–Kier alpha value is -1.40. The molecule has 1 aliphatic rings. The molecule has 0 radical (unpaired) electrons. The molecular weight excluding hydrogens is 380 g/mol. The second-order valence-corrected chi connectivity index (χ2v) is 7.17. The maximum atomic E-state index is 13.0. The number of nitrogens with zero attached hydrogens (tertiary/aromatic N) is 2. The number of halogens is 3. The first-order chi connectivity index (χ1) is 12.0. The molecule has 1 saturated heterocycles. The minimum Gasteiger partial charge on any atom is -0.346 e. The molecule has 1 fully saturated rings. The van der Waals surface area contributed by atoms with Gasteiger partial charge in [-0.3, -0.25) is 4.90 Å². The van der Waals surface area contributed by atoms with E-state index < -0.39 is 0 Å². The lowest BCUT2D eigenvalue weighted by Gasteiger charge is -2.36. The molecule has 132 valence electrons. The Kier molecular flexibility index (Phi) is 6.12. The zero-order valence-electron chi connectivity index (χ0n) is 13.5. The maximum Gasteiger partial charge on any atom is 0.173 e. The van der Waals surface area contributed by atoms with E-state index in [1.165, 1.54) is 12.1 Å². The van der Waals surface area contributed by atoms with E-state index >= 15 is 0 Å². The van der Waals surface area contributed by atoms with Crippen LogP contribution in [0, 0.1) is 5.82 Å². The Morgan fingerprint density at radius 2 is 1.72 bits per heavy atom. The van der Waals surface area contributed by atoms with Gasteiger partial charge in [0.1, 0.15) is 5.82 Å². The molecule has 1 N–H and O–H groups in total. The van der Waals surface area contributed by atoms with Crippen LogP contribution in [0.4, 0.5) is 10.1 Å². The highest BCUT2D eigenvalue weighted by Crippen LogP contribution is 2.25. The van der Waals surface area contributed by atoms with E-state index in [1.54, 1.807) is 12.1 Å². The molecule has 3 nitrogen and oxygen atoms in total. The average Bonchev–Trinajstić information content (AvgIpc) is 2.60. The Labute approximate surface area is 162 Å². The summed E-state index contributed by atoms with van der Waals surface area (Å²) in [6, 6.07) is 11.9. The van der Waals surface area contributed by atoms with Gasteiger partial charge in [-0.2, -0.15) is 0 Å². The van der Waals surface area contributed by atoms with Crippen molar-refractivity contribution in [1.82, 2.24) is 9.80 Å². The molecule has 3 rings (SSSR count). The molecule has 0 unspecified atom stereocenters. The summed E-state index contributed by atoms with van der Waals surface area (Å²) >= 11 is 17.6. The lowest BCUT2D eigenvalue weighted by atomic mass is 10.2. The van der Waals surface area contributed by atoms with E-state index in [-0.39, 0.29) is 5.82 Å². The normalized spacial score (nSPS) is 15.2. The molecule has 7 heteroatoms. The molecule has 0 amide bonds. The molecule has 0 aliphatic carbocycles. The van der Waals surface area contributed by atoms with Crippen LogP contribution in [0.5, 0.6) is 0 Å². The van der Waals surface area contributed by atoms with Crippen LogP contribution < -0.4 is 5.32 Å². The fraction of sp³-hybridized carbons (Fsp3) is 0.278. The zero-order chi connectivity index (χ0) is 17.8. The summed E-state index contributed by atoms with van der Waals surface area (Å²) in [4.78, 5) is 4.46. The van der Waals surface area contributed by atoms with Gasteiger partial charge >= 0.3 is 0 Å². The number of nitrogens with one attached hydrogen (secondary N) is 1. The highest BCUT2D eigenvalue weighted by molar-refractivity contribution is 7.80. The summed E-state index contributed by atoms with van der Waals surface area (Å²) in [6.07, 6.45) is 0. The Bertz CT molecular complexity index is 746. The predicted octanol–water partition coefficient (Wildman–Crippen LogP) is 4.65. The first kappa shape index (κ1) is 18.4. The molecule has 1 aliphatic heterocycles. The number of hydrogen-bond donors (Lipinski definition) is 1. The first-order valence-corrected chi connectivity index (χ1v) is 9.15. The summed E-state index contributed by atoms with van der Waals surface area (Å²) in [6.45, 7) is 4.27. The molecule has 2 aromatic rings. The lowest BCUT2D eigenvalue weighted by molar-refractivity contribution is 0.177. The van der Waals surface area contributed by atoms with E-state index in [4.69, 9.17) is 35.4 Å². The fourth-order valence-corrected chi connectivity index (χ4v) is 3.49. The molecule has 0 bridgehead atoms. The van der Waals surface area contributed by atoms with Gasteiger partial charge in [0.15, 0.2) is 5.11 Å². The van der Waals surface area contributed by atoms with Gasteiger partial charge in [0.05, 0.1) is 10.7 Å². The van der Waals surface area contributed by atoms with E-state index in [0.29, 0.717) is 15.2 Å². The van der Waals surface area contributed by atoms with Crippen LogP contribution in [0.25, 0.3) is 0 Å². The fourth-order valence-electron chi connectivity index (χ4n) is 2.74. The third-order valence-corrected chi connectivity index (χ3v) is 5.06. The zero-order valence-corrected chi connectivity index (χ0v) is 15.8. The van der Waals surface area contributed by atoms with E-state index in [1.807, 2.05) is 18.2 Å². The second-order valence-electron chi connectivity index (χ2n) is 5.94. The van der Waals surface area contributed by atoms with Gasteiger partial charge in [-0.05, 0) is 48.1 Å². The van der Waals surface area contributed by atoms with Crippen LogP contribution in [0.15, 0.2) is 42.5 Å². The largest absolute Gasteiger partial charge is 0.346 e. The van der Waals surface area contributed by atoms with Crippen molar-refractivity contribution in [3.05, 3.63) is 63.9 Å². The van der Waals surface area contributed by atoms with Crippen molar-refractivity contribution >= 4 is 46.2 Å². The average molecular weight is 398 g/mol. The van der Waals surface area contributed by atoms with Crippen LogP contribution in [0.3, 0.4) is 0 Å². The molecule has 1 heterocycles. The topological polar surface area (TPSA) is 18.5 Å². The highest BCUT2D eigenvalue weighted by Gasteiger charge is 2.19. The van der Waals surface area contributed by atoms with Crippen LogP contribution in [-0.4, -0.2) is 41.1 Å². The van der Waals surface area contributed by atoms with E-state index in [9.17, 15) is 4.39 Å². The van der Waals surface area contributed by atoms with E-state index in [0.717, 1.165) is 44.0 Å². The third kappa shape index (κ3) is 5.05. The van der Waals surface area contributed by atoms with Gasteiger partial charge in [-0.1, -0.05) is 35.3 Å². The molecule has 25 heavy (non-hydrogen) atoms. The monoisotopic (exact) mass is 397 g/mol. The number of thiocarbonyl (C=S) groups is 1. The van der Waals surface area contributed by atoms with Gasteiger partial charge in [-0.15, -0.1) is 0 Å². The van der Waals surface area contributed by atoms with Crippen LogP contribution in [0.1, 0.15) is 5.56 Å². The van der Waals surface area contributed by atoms with Crippen molar-refractivity contribution in [1.29, 1.82) is 0 Å². The van der Waals surface area contributed by atoms with Crippen molar-refractivity contribution in [2.75, 3.05) is 31.5 Å². The number of piperazine rings is 1. The van der Waals surface area contributed by atoms with Gasteiger partial charge in [-0.25, -0.2) is 4.39 Å². The summed E-state index contributed by atoms with van der Waals surface area (Å²) < 4.78 is 13.0. The lowest BCUT2D eigenvalue weighted by Crippen LogP contribution is -2.49. The molecule has 0 saturated carbocycles. The predicted molar refractivity (Wildman–Crippen MR) is 106 cm³/mol. The molecule has 0 aromatic heterocycles. The second kappa shape index (κ2) is 8.32. The van der Waals surface area contributed by atoms with Gasteiger partial charge in [0, 0.05) is 37.7 Å². The summed E-state index contributed by atoms with van der Waals surface area (Å²) in [7, 11) is 0. The smallest absolute Gasteiger partial charge is 0.173 e. The Morgan fingerprint density at radius 1 is 1.04 bits per heavy atom. The van der Waals surface area contributed by atoms with Crippen molar-refractivity contribution in [3.63, 3.8) is 0 Å². The first-order valence-electron chi connectivity index (χ1n) is 7.99. The third-order valence-electron chi connectivity index (χ3n) is 4.15. The summed E-state index contributed by atoms with van der Waals surface area (Å²) in [5.41, 5.74) is 1.87. The minimum atomic E-state index is -0.203. The van der Waals surface area contributed by atoms with Crippen LogP contribution in [0.2, 0.25) is 10.0 Å². The molecule has 0 spiro atoms. The minimum absolute atomic E-state index is 0.203. The van der Waals surface area contributed by atoms with Crippen LogP contribution in [-0.2, 0) is 6.54 Å². The summed E-state index contributed by atoms with van der Waals surface area (Å²) in [5, 5.41) is 4.98. The Balaban J connectivity index is 1.51. The van der Waals surface area contributed by atoms with Crippen molar-refractivity contribution in [2.24, 2.45) is 0 Å². The molecular formula is C18H18Cl2FN3S. The number of anilines is 1. The van der Waals surface area contributed by atoms with E-state index in [2.05, 4.69) is 15.1 Å². The van der Waals surface area contributed by atoms with Crippen molar-refractivity contribution in [3.8, 4) is 0 Å². The van der Waals surface area contributed by atoms with Crippen LogP contribution >= 0.6 is 35.4 Å². The maximum absolute atomic E-state index is 13.0. The highest BCUT2D eigenvalue weighted by atomic mass is 35.5. The molecule has 2 aromatic carbocycles. The van der Waals surface area contributed by atoms with Crippen molar-refractivity contribution < 1.29 is 4.39 Å². The van der Waals surface area contributed by atoms with Gasteiger partial charge in [0.25, 0.3) is 0 Å². The quantitative estimate of drug-likeness (QED) is 0.759. The number of rotatable bonds is 3. The standard InChI is InChI=1S/C18H18Cl2FN3S/c19-14-3-6-17(16(20)11-14)22-18(25)24-9-7-23(8-10-24)12-13-1-4-15(21)5-2-13/h1-6,11H,7-10,12H2,(H,22,25). The number of benzene rings is 2. The van der Waals surface area contributed by atoms with Crippen molar-refractivity contribution in [2.45, 2.75) is 6.54 Å². The summed E-state index contributed by atoms with van der Waals surface area (Å²) in [5.74, 6) is -0.203. The van der Waals surface area contributed by atoms with Gasteiger partial charge < -0.3 is 10.2 Å². The SMILES string of the molecule is Fc1ccc(CN2CCN(C(=S)Nc3ccc(Cl)cc3Cl)CC2)cc1.